The van der Waals surface area contributed by atoms with E-state index in [4.69, 9.17) is 4.74 Å². The lowest BCUT2D eigenvalue weighted by Crippen LogP contribution is -2.12. The third kappa shape index (κ3) is 4.52. The van der Waals surface area contributed by atoms with Crippen molar-refractivity contribution in [1.29, 1.82) is 0 Å². The molecule has 5 rings (SSSR count). The number of amides is 1. The molecule has 0 bridgehead atoms. The Balaban J connectivity index is 1.45. The summed E-state index contributed by atoms with van der Waals surface area (Å²) in [6, 6.07) is 16.3. The highest BCUT2D eigenvalue weighted by Crippen LogP contribution is 2.32. The summed E-state index contributed by atoms with van der Waals surface area (Å²) >= 11 is 0. The fourth-order valence-electron chi connectivity index (χ4n) is 3.89. The van der Waals surface area contributed by atoms with Gasteiger partial charge in [0, 0.05) is 11.8 Å². The molecule has 0 aliphatic carbocycles. The number of carbonyl (C=O) groups is 1. The molecule has 0 aliphatic heterocycles. The Hall–Kier alpha value is -4.60. The number of hydrogen-bond acceptors (Lipinski definition) is 5. The summed E-state index contributed by atoms with van der Waals surface area (Å²) in [7, 11) is 1.49. The van der Waals surface area contributed by atoms with Gasteiger partial charge >= 0.3 is 0 Å². The zero-order valence-electron chi connectivity index (χ0n) is 19.5. The third-order valence-corrected chi connectivity index (χ3v) is 5.71. The number of rotatable bonds is 7. The molecule has 3 aromatic heterocycles. The molecule has 2 aromatic carbocycles. The highest BCUT2D eigenvalue weighted by molar-refractivity contribution is 6.08. The molecule has 1 amide bonds. The molecule has 3 heterocycles. The molecule has 0 spiro atoms. The van der Waals surface area contributed by atoms with Crippen LogP contribution in [0.2, 0.25) is 0 Å². The monoisotopic (exact) mass is 488 g/mol. The molecule has 0 saturated carbocycles. The SMILES string of the molecule is COc1ccccc1-c1cc(C(F)F)n2ncc(C(=O)Nc3cnn(Cc4ccc(C)cc4)c3)c2n1. The summed E-state index contributed by atoms with van der Waals surface area (Å²) in [6.45, 7) is 2.55. The van der Waals surface area contributed by atoms with Crippen molar-refractivity contribution in [3.05, 3.63) is 95.6 Å². The van der Waals surface area contributed by atoms with Crippen molar-refractivity contribution < 1.29 is 18.3 Å². The first-order valence-electron chi connectivity index (χ1n) is 11.1. The number of para-hydroxylation sites is 1. The van der Waals surface area contributed by atoms with Gasteiger partial charge in [0.25, 0.3) is 12.3 Å². The van der Waals surface area contributed by atoms with Crippen molar-refractivity contribution in [3.8, 4) is 17.0 Å². The topological polar surface area (TPSA) is 86.3 Å². The van der Waals surface area contributed by atoms with Crippen molar-refractivity contribution in [2.75, 3.05) is 12.4 Å². The number of nitrogens with zero attached hydrogens (tertiary/aromatic N) is 5. The maximum Gasteiger partial charge on any atom is 0.280 e. The number of fused-ring (bicyclic) bond motifs is 1. The number of benzene rings is 2. The second-order valence-corrected chi connectivity index (χ2v) is 8.23. The fraction of sp³-hybridized carbons (Fsp3) is 0.154. The zero-order valence-corrected chi connectivity index (χ0v) is 19.5. The average Bonchev–Trinajstić information content (AvgIpc) is 3.51. The normalized spacial score (nSPS) is 11.2. The van der Waals surface area contributed by atoms with Gasteiger partial charge in [-0.1, -0.05) is 42.0 Å². The maximum absolute atomic E-state index is 13.9. The largest absolute Gasteiger partial charge is 0.496 e. The number of halogens is 2. The van der Waals surface area contributed by atoms with E-state index in [1.807, 2.05) is 31.2 Å². The van der Waals surface area contributed by atoms with Gasteiger partial charge in [-0.2, -0.15) is 10.2 Å². The molecule has 1 N–H and O–H groups in total. The number of ether oxygens (including phenoxy) is 1. The molecule has 10 heteroatoms. The highest BCUT2D eigenvalue weighted by atomic mass is 19.3. The molecule has 5 aromatic rings. The van der Waals surface area contributed by atoms with Crippen LogP contribution in [0.5, 0.6) is 5.75 Å². The predicted molar refractivity (Wildman–Crippen MR) is 130 cm³/mol. The number of hydrogen-bond donors (Lipinski definition) is 1. The quantitative estimate of drug-likeness (QED) is 0.343. The number of aromatic nitrogens is 5. The van der Waals surface area contributed by atoms with Gasteiger partial charge in [-0.05, 0) is 30.7 Å². The van der Waals surface area contributed by atoms with Crippen molar-refractivity contribution in [3.63, 3.8) is 0 Å². The average molecular weight is 488 g/mol. The molecule has 0 radical (unpaired) electrons. The van der Waals surface area contributed by atoms with Crippen LogP contribution in [-0.4, -0.2) is 37.4 Å². The molecule has 182 valence electrons. The Bertz CT molecular complexity index is 1540. The van der Waals surface area contributed by atoms with E-state index in [0.717, 1.165) is 15.6 Å². The Labute approximate surface area is 205 Å². The van der Waals surface area contributed by atoms with Crippen LogP contribution in [0.15, 0.2) is 73.2 Å². The van der Waals surface area contributed by atoms with Gasteiger partial charge in [-0.3, -0.25) is 9.48 Å². The molecule has 0 unspecified atom stereocenters. The second-order valence-electron chi connectivity index (χ2n) is 8.23. The van der Waals surface area contributed by atoms with Gasteiger partial charge < -0.3 is 10.1 Å². The van der Waals surface area contributed by atoms with Gasteiger partial charge in [-0.15, -0.1) is 0 Å². The Kier molecular flexibility index (Phi) is 6.16. The van der Waals surface area contributed by atoms with Crippen molar-refractivity contribution in [2.24, 2.45) is 0 Å². The summed E-state index contributed by atoms with van der Waals surface area (Å²) < 4.78 is 35.9. The molecule has 0 atom stereocenters. The van der Waals surface area contributed by atoms with Crippen molar-refractivity contribution >= 4 is 17.2 Å². The molecule has 0 aliphatic rings. The van der Waals surface area contributed by atoms with Gasteiger partial charge in [0.1, 0.15) is 17.0 Å². The summed E-state index contributed by atoms with van der Waals surface area (Å²) in [4.78, 5) is 17.6. The lowest BCUT2D eigenvalue weighted by atomic mass is 10.1. The highest BCUT2D eigenvalue weighted by Gasteiger charge is 2.22. The van der Waals surface area contributed by atoms with Crippen molar-refractivity contribution in [1.82, 2.24) is 24.4 Å². The minimum Gasteiger partial charge on any atom is -0.496 e. The van der Waals surface area contributed by atoms with Crippen LogP contribution in [0.1, 0.15) is 33.6 Å². The van der Waals surface area contributed by atoms with E-state index in [9.17, 15) is 13.6 Å². The first kappa shape index (κ1) is 23.2. The zero-order chi connectivity index (χ0) is 25.2. The smallest absolute Gasteiger partial charge is 0.280 e. The summed E-state index contributed by atoms with van der Waals surface area (Å²) in [6.07, 6.45) is 1.61. The maximum atomic E-state index is 13.9. The summed E-state index contributed by atoms with van der Waals surface area (Å²) in [5.41, 5.74) is 3.14. The van der Waals surface area contributed by atoms with Gasteiger partial charge in [0.2, 0.25) is 0 Å². The number of methoxy groups -OCH3 is 1. The van der Waals surface area contributed by atoms with Crippen LogP contribution in [0.3, 0.4) is 0 Å². The van der Waals surface area contributed by atoms with Crippen LogP contribution in [0, 0.1) is 6.92 Å². The van der Waals surface area contributed by atoms with E-state index >= 15 is 0 Å². The fourth-order valence-corrected chi connectivity index (χ4v) is 3.89. The summed E-state index contributed by atoms with van der Waals surface area (Å²) in [5.74, 6) is -0.0640. The van der Waals surface area contributed by atoms with Gasteiger partial charge in [0.05, 0.1) is 37.4 Å². The lowest BCUT2D eigenvalue weighted by Gasteiger charge is -2.11. The minimum atomic E-state index is -2.83. The van der Waals surface area contributed by atoms with E-state index in [0.29, 0.717) is 23.5 Å². The van der Waals surface area contributed by atoms with Crippen molar-refractivity contribution in [2.45, 2.75) is 19.9 Å². The molecule has 0 fully saturated rings. The van der Waals surface area contributed by atoms with Crippen LogP contribution >= 0.6 is 0 Å². The Morgan fingerprint density at radius 2 is 1.86 bits per heavy atom. The Morgan fingerprint density at radius 3 is 2.61 bits per heavy atom. The van der Waals surface area contributed by atoms with Crippen LogP contribution in [0.25, 0.3) is 16.9 Å². The standard InChI is InChI=1S/C26H22F2N6O2/c1-16-7-9-17(10-8-16)14-33-15-18(12-29-33)31-26(35)20-13-30-34-22(24(27)28)11-21(32-25(20)34)19-5-3-4-6-23(19)36-2/h3-13,15,24H,14H2,1-2H3,(H,31,35). The number of alkyl halides is 2. The van der Waals surface area contributed by atoms with Crippen LogP contribution in [0.4, 0.5) is 14.5 Å². The van der Waals surface area contributed by atoms with E-state index in [1.165, 1.54) is 25.6 Å². The van der Waals surface area contributed by atoms with E-state index in [-0.39, 0.29) is 22.6 Å². The molecular weight excluding hydrogens is 466 g/mol. The van der Waals surface area contributed by atoms with E-state index < -0.39 is 12.3 Å². The van der Waals surface area contributed by atoms with Gasteiger partial charge in [0.15, 0.2) is 5.65 Å². The molecule has 36 heavy (non-hydrogen) atoms. The minimum absolute atomic E-state index is 0.0123. The number of aryl methyl sites for hydroxylation is 1. The van der Waals surface area contributed by atoms with E-state index in [1.54, 1.807) is 35.1 Å². The number of anilines is 1. The number of carbonyl (C=O) groups excluding carboxylic acids is 1. The summed E-state index contributed by atoms with van der Waals surface area (Å²) in [5, 5.41) is 11.1. The van der Waals surface area contributed by atoms with E-state index in [2.05, 4.69) is 20.5 Å². The van der Waals surface area contributed by atoms with Crippen LogP contribution in [-0.2, 0) is 6.54 Å². The Morgan fingerprint density at radius 1 is 1.08 bits per heavy atom. The second kappa shape index (κ2) is 9.57. The lowest BCUT2D eigenvalue weighted by molar-refractivity contribution is 0.102. The van der Waals surface area contributed by atoms with Gasteiger partial charge in [-0.25, -0.2) is 18.3 Å². The van der Waals surface area contributed by atoms with Crippen LogP contribution < -0.4 is 10.1 Å². The molecule has 0 saturated heterocycles. The first-order chi connectivity index (χ1) is 17.4. The third-order valence-electron chi connectivity index (χ3n) is 5.71. The number of nitrogens with one attached hydrogen (secondary N) is 1. The molecular formula is C26H22F2N6O2. The predicted octanol–water partition coefficient (Wildman–Crippen LogP) is 5.15. The molecule has 8 nitrogen and oxygen atoms in total. The first-order valence-corrected chi connectivity index (χ1v) is 11.1.